The molecule has 1 amide bonds. The first-order valence-corrected chi connectivity index (χ1v) is 6.47. The lowest BCUT2D eigenvalue weighted by Crippen LogP contribution is -2.41. The van der Waals surface area contributed by atoms with E-state index in [2.05, 4.69) is 5.32 Å². The van der Waals surface area contributed by atoms with E-state index in [9.17, 15) is 4.79 Å². The van der Waals surface area contributed by atoms with E-state index in [4.69, 9.17) is 14.6 Å². The normalized spacial score (nSPS) is 20.7. The van der Waals surface area contributed by atoms with Crippen molar-refractivity contribution >= 4 is 6.09 Å². The zero-order valence-electron chi connectivity index (χ0n) is 10.7. The van der Waals surface area contributed by atoms with Crippen LogP contribution in [0.15, 0.2) is 30.3 Å². The molecule has 1 aliphatic heterocycles. The van der Waals surface area contributed by atoms with Gasteiger partial charge in [0, 0.05) is 6.04 Å². The summed E-state index contributed by atoms with van der Waals surface area (Å²) in [5.74, 6) is 0. The molecule has 1 aliphatic rings. The highest BCUT2D eigenvalue weighted by Gasteiger charge is 2.21. The molecule has 104 valence electrons. The summed E-state index contributed by atoms with van der Waals surface area (Å²) < 4.78 is 10.9. The number of benzene rings is 1. The van der Waals surface area contributed by atoms with Gasteiger partial charge in [-0.1, -0.05) is 30.3 Å². The second-order valence-electron chi connectivity index (χ2n) is 4.64. The molecule has 1 unspecified atom stereocenters. The Hall–Kier alpha value is -1.59. The molecular formula is C14H19NO4. The third-order valence-electron chi connectivity index (χ3n) is 3.08. The van der Waals surface area contributed by atoms with Gasteiger partial charge in [0.1, 0.15) is 0 Å². The quantitative estimate of drug-likeness (QED) is 0.849. The number of rotatable bonds is 5. The van der Waals surface area contributed by atoms with Crippen LogP contribution in [0.5, 0.6) is 0 Å². The molecule has 5 heteroatoms. The predicted molar refractivity (Wildman–Crippen MR) is 70.3 cm³/mol. The Labute approximate surface area is 112 Å². The summed E-state index contributed by atoms with van der Waals surface area (Å²) >= 11 is 0. The Bertz CT molecular complexity index is 390. The standard InChI is InChI=1S/C14H19NO4/c16-14(17)15-12(8-11-4-2-1-3-5-11)9-13-10-18-6-7-19-13/h1-5,12-13,15H,6-10H2,(H,16,17)/t12?,13-/m0/s1. The van der Waals surface area contributed by atoms with E-state index in [0.717, 1.165) is 5.56 Å². The van der Waals surface area contributed by atoms with Crippen LogP contribution in [0, 0.1) is 0 Å². The average Bonchev–Trinajstić information content (AvgIpc) is 2.40. The maximum atomic E-state index is 10.9. The minimum Gasteiger partial charge on any atom is -0.465 e. The molecule has 19 heavy (non-hydrogen) atoms. The summed E-state index contributed by atoms with van der Waals surface area (Å²) in [6, 6.07) is 9.68. The fourth-order valence-corrected chi connectivity index (χ4v) is 2.26. The summed E-state index contributed by atoms with van der Waals surface area (Å²) in [6.45, 7) is 1.73. The Kier molecular flexibility index (Phi) is 5.18. The van der Waals surface area contributed by atoms with Gasteiger partial charge in [0.05, 0.1) is 25.9 Å². The number of nitrogens with one attached hydrogen (secondary N) is 1. The summed E-state index contributed by atoms with van der Waals surface area (Å²) in [5.41, 5.74) is 1.11. The van der Waals surface area contributed by atoms with Crippen molar-refractivity contribution in [2.24, 2.45) is 0 Å². The van der Waals surface area contributed by atoms with Gasteiger partial charge in [-0.25, -0.2) is 4.79 Å². The van der Waals surface area contributed by atoms with E-state index in [1.165, 1.54) is 0 Å². The first-order chi connectivity index (χ1) is 9.24. The van der Waals surface area contributed by atoms with Gasteiger partial charge < -0.3 is 19.9 Å². The second kappa shape index (κ2) is 7.11. The van der Waals surface area contributed by atoms with Crippen molar-refractivity contribution in [3.63, 3.8) is 0 Å². The van der Waals surface area contributed by atoms with Gasteiger partial charge in [0.2, 0.25) is 0 Å². The topological polar surface area (TPSA) is 67.8 Å². The third-order valence-corrected chi connectivity index (χ3v) is 3.08. The van der Waals surface area contributed by atoms with Crippen LogP contribution in [0.4, 0.5) is 4.79 Å². The molecule has 1 heterocycles. The van der Waals surface area contributed by atoms with Gasteiger partial charge in [-0.15, -0.1) is 0 Å². The average molecular weight is 265 g/mol. The first-order valence-electron chi connectivity index (χ1n) is 6.47. The fourth-order valence-electron chi connectivity index (χ4n) is 2.26. The summed E-state index contributed by atoms with van der Waals surface area (Å²) in [4.78, 5) is 10.9. The molecule has 2 atom stereocenters. The van der Waals surface area contributed by atoms with Crippen LogP contribution < -0.4 is 5.32 Å². The monoisotopic (exact) mass is 265 g/mol. The molecule has 2 rings (SSSR count). The second-order valence-corrected chi connectivity index (χ2v) is 4.64. The zero-order valence-corrected chi connectivity index (χ0v) is 10.7. The number of carboxylic acid groups (broad SMARTS) is 1. The van der Waals surface area contributed by atoms with Crippen molar-refractivity contribution < 1.29 is 19.4 Å². The Morgan fingerprint density at radius 2 is 2.16 bits per heavy atom. The third kappa shape index (κ3) is 4.89. The predicted octanol–water partition coefficient (Wildman–Crippen LogP) is 1.67. The van der Waals surface area contributed by atoms with Crippen molar-refractivity contribution in [3.05, 3.63) is 35.9 Å². The maximum Gasteiger partial charge on any atom is 0.404 e. The summed E-state index contributed by atoms with van der Waals surface area (Å²) in [7, 11) is 0. The maximum absolute atomic E-state index is 10.9. The van der Waals surface area contributed by atoms with Crippen LogP contribution in [0.25, 0.3) is 0 Å². The van der Waals surface area contributed by atoms with Gasteiger partial charge >= 0.3 is 6.09 Å². The molecule has 1 fully saturated rings. The van der Waals surface area contributed by atoms with Crippen LogP contribution in [0.3, 0.4) is 0 Å². The number of carbonyl (C=O) groups is 1. The molecule has 2 N–H and O–H groups in total. The van der Waals surface area contributed by atoms with Gasteiger partial charge in [0.15, 0.2) is 0 Å². The van der Waals surface area contributed by atoms with Crippen molar-refractivity contribution in [2.45, 2.75) is 25.0 Å². The number of amides is 1. The molecule has 0 aromatic heterocycles. The van der Waals surface area contributed by atoms with E-state index in [-0.39, 0.29) is 12.1 Å². The van der Waals surface area contributed by atoms with E-state index in [1.54, 1.807) is 0 Å². The van der Waals surface area contributed by atoms with Crippen molar-refractivity contribution in [3.8, 4) is 0 Å². The van der Waals surface area contributed by atoms with E-state index < -0.39 is 6.09 Å². The zero-order chi connectivity index (χ0) is 13.5. The largest absolute Gasteiger partial charge is 0.465 e. The van der Waals surface area contributed by atoms with E-state index in [0.29, 0.717) is 32.7 Å². The lowest BCUT2D eigenvalue weighted by atomic mass is 10.0. The van der Waals surface area contributed by atoms with Gasteiger partial charge in [-0.05, 0) is 18.4 Å². The molecule has 0 saturated carbocycles. The number of hydrogen-bond donors (Lipinski definition) is 2. The molecule has 1 saturated heterocycles. The summed E-state index contributed by atoms with van der Waals surface area (Å²) in [6.07, 6.45) is 0.251. The van der Waals surface area contributed by atoms with E-state index in [1.807, 2.05) is 30.3 Å². The Morgan fingerprint density at radius 3 is 2.79 bits per heavy atom. The number of ether oxygens (including phenoxy) is 2. The minimum atomic E-state index is -1.00. The van der Waals surface area contributed by atoms with Gasteiger partial charge in [-0.2, -0.15) is 0 Å². The van der Waals surface area contributed by atoms with Crippen LogP contribution in [0.1, 0.15) is 12.0 Å². The van der Waals surface area contributed by atoms with Crippen LogP contribution >= 0.6 is 0 Å². The van der Waals surface area contributed by atoms with Crippen molar-refractivity contribution in [1.82, 2.24) is 5.32 Å². The smallest absolute Gasteiger partial charge is 0.404 e. The molecule has 0 spiro atoms. The number of hydrogen-bond acceptors (Lipinski definition) is 3. The molecule has 5 nitrogen and oxygen atoms in total. The summed E-state index contributed by atoms with van der Waals surface area (Å²) in [5, 5.41) is 11.5. The Balaban J connectivity index is 1.92. The molecule has 1 aromatic rings. The molecule has 0 aliphatic carbocycles. The van der Waals surface area contributed by atoms with Gasteiger partial charge in [0.25, 0.3) is 0 Å². The fraction of sp³-hybridized carbons (Fsp3) is 0.500. The lowest BCUT2D eigenvalue weighted by molar-refractivity contribution is -0.0932. The highest BCUT2D eigenvalue weighted by molar-refractivity contribution is 5.64. The van der Waals surface area contributed by atoms with E-state index >= 15 is 0 Å². The molecule has 0 bridgehead atoms. The van der Waals surface area contributed by atoms with Gasteiger partial charge in [-0.3, -0.25) is 0 Å². The minimum absolute atomic E-state index is 0.0330. The molecule has 1 aromatic carbocycles. The van der Waals surface area contributed by atoms with Crippen LogP contribution in [-0.4, -0.2) is 43.2 Å². The lowest BCUT2D eigenvalue weighted by Gasteiger charge is -2.27. The Morgan fingerprint density at radius 1 is 1.37 bits per heavy atom. The first kappa shape index (κ1) is 13.8. The van der Waals surface area contributed by atoms with Crippen LogP contribution in [-0.2, 0) is 15.9 Å². The van der Waals surface area contributed by atoms with Crippen molar-refractivity contribution in [2.75, 3.05) is 19.8 Å². The molecular weight excluding hydrogens is 246 g/mol. The van der Waals surface area contributed by atoms with Crippen molar-refractivity contribution in [1.29, 1.82) is 0 Å². The molecule has 0 radical (unpaired) electrons. The SMILES string of the molecule is O=C(O)NC(Cc1ccccc1)C[C@H]1COCCO1. The highest BCUT2D eigenvalue weighted by Crippen LogP contribution is 2.12. The highest BCUT2D eigenvalue weighted by atomic mass is 16.6. The van der Waals surface area contributed by atoms with Crippen LogP contribution in [0.2, 0.25) is 0 Å².